The Labute approximate surface area is 119 Å². The molecule has 5 nitrogen and oxygen atoms in total. The van der Waals surface area contributed by atoms with Gasteiger partial charge in [0, 0.05) is 15.4 Å². The molecule has 0 saturated heterocycles. The van der Waals surface area contributed by atoms with E-state index in [1.54, 1.807) is 6.07 Å². The number of phenols is 1. The lowest BCUT2D eigenvalue weighted by Crippen LogP contribution is -2.12. The summed E-state index contributed by atoms with van der Waals surface area (Å²) in [4.78, 5) is 24.9. The van der Waals surface area contributed by atoms with Gasteiger partial charge in [-0.25, -0.2) is 4.79 Å². The second kappa shape index (κ2) is 5.34. The minimum absolute atomic E-state index is 0.249. The Morgan fingerprint density at radius 2 is 1.85 bits per heavy atom. The average Bonchev–Trinajstić information content (AvgIpc) is 2.70. The van der Waals surface area contributed by atoms with Crippen LogP contribution in [0.3, 0.4) is 0 Å². The van der Waals surface area contributed by atoms with Crippen molar-refractivity contribution >= 4 is 28.9 Å². The summed E-state index contributed by atoms with van der Waals surface area (Å²) >= 11 is 1.52. The summed E-state index contributed by atoms with van der Waals surface area (Å²) in [7, 11) is 0. The molecule has 0 atom stereocenters. The standard InChI is InChI=1S/C14H13NO4S/c1-7-5-10(8(2)20-7)13(17)15-9-3-4-12(16)11(6-9)14(18)19/h3-6,16H,1-2H3,(H,15,17)(H,18,19). The highest BCUT2D eigenvalue weighted by Crippen LogP contribution is 2.24. The smallest absolute Gasteiger partial charge is 0.339 e. The van der Waals surface area contributed by atoms with Crippen molar-refractivity contribution in [1.29, 1.82) is 0 Å². The van der Waals surface area contributed by atoms with E-state index >= 15 is 0 Å². The number of anilines is 1. The van der Waals surface area contributed by atoms with Gasteiger partial charge in [0.05, 0.1) is 5.56 Å². The molecule has 2 rings (SSSR count). The van der Waals surface area contributed by atoms with E-state index in [9.17, 15) is 14.7 Å². The number of aromatic hydroxyl groups is 1. The quantitative estimate of drug-likeness (QED) is 0.759. The second-order valence-electron chi connectivity index (χ2n) is 4.32. The molecule has 0 fully saturated rings. The summed E-state index contributed by atoms with van der Waals surface area (Å²) in [5.41, 5.74) is 0.645. The lowest BCUT2D eigenvalue weighted by molar-refractivity contribution is 0.0693. The summed E-state index contributed by atoms with van der Waals surface area (Å²) in [6.07, 6.45) is 0. The molecule has 0 aliphatic rings. The van der Waals surface area contributed by atoms with Crippen molar-refractivity contribution in [2.75, 3.05) is 5.32 Å². The zero-order valence-corrected chi connectivity index (χ0v) is 11.7. The number of hydrogen-bond donors (Lipinski definition) is 3. The van der Waals surface area contributed by atoms with E-state index in [-0.39, 0.29) is 17.2 Å². The predicted molar refractivity (Wildman–Crippen MR) is 76.8 cm³/mol. The Balaban J connectivity index is 2.26. The zero-order chi connectivity index (χ0) is 14.9. The van der Waals surface area contributed by atoms with Crippen molar-refractivity contribution in [3.05, 3.63) is 45.1 Å². The molecule has 0 saturated carbocycles. The third-order valence-electron chi connectivity index (χ3n) is 2.77. The van der Waals surface area contributed by atoms with Crippen LogP contribution in [0.25, 0.3) is 0 Å². The van der Waals surface area contributed by atoms with Crippen LogP contribution < -0.4 is 5.32 Å². The molecule has 0 aliphatic heterocycles. The highest BCUT2D eigenvalue weighted by Gasteiger charge is 2.14. The van der Waals surface area contributed by atoms with Crippen LogP contribution in [-0.4, -0.2) is 22.1 Å². The van der Waals surface area contributed by atoms with Gasteiger partial charge in [-0.2, -0.15) is 0 Å². The molecule has 6 heteroatoms. The molecule has 1 aromatic carbocycles. The minimum Gasteiger partial charge on any atom is -0.507 e. The van der Waals surface area contributed by atoms with Crippen LogP contribution in [0.4, 0.5) is 5.69 Å². The number of aryl methyl sites for hydroxylation is 2. The van der Waals surface area contributed by atoms with Crippen LogP contribution in [0, 0.1) is 13.8 Å². The van der Waals surface area contributed by atoms with Gasteiger partial charge in [0.25, 0.3) is 5.91 Å². The number of carbonyl (C=O) groups is 2. The molecule has 1 heterocycles. The van der Waals surface area contributed by atoms with E-state index in [2.05, 4.69) is 5.32 Å². The number of hydrogen-bond acceptors (Lipinski definition) is 4. The Hall–Kier alpha value is -2.34. The number of nitrogens with one attached hydrogen (secondary N) is 1. The fourth-order valence-electron chi connectivity index (χ4n) is 1.84. The highest BCUT2D eigenvalue weighted by molar-refractivity contribution is 7.12. The molecule has 0 bridgehead atoms. The van der Waals surface area contributed by atoms with Crippen molar-refractivity contribution in [3.63, 3.8) is 0 Å². The molecule has 0 unspecified atom stereocenters. The molecule has 2 aromatic rings. The third-order valence-corrected chi connectivity index (χ3v) is 3.74. The molecule has 0 spiro atoms. The SMILES string of the molecule is Cc1cc(C(=O)Nc2ccc(O)c(C(=O)O)c2)c(C)s1. The van der Waals surface area contributed by atoms with Gasteiger partial charge in [0.1, 0.15) is 11.3 Å². The molecule has 3 N–H and O–H groups in total. The van der Waals surface area contributed by atoms with Gasteiger partial charge >= 0.3 is 5.97 Å². The molecule has 20 heavy (non-hydrogen) atoms. The van der Waals surface area contributed by atoms with E-state index in [1.165, 1.54) is 29.5 Å². The summed E-state index contributed by atoms with van der Waals surface area (Å²) in [6.45, 7) is 3.77. The summed E-state index contributed by atoms with van der Waals surface area (Å²) in [6, 6.07) is 5.71. The Kier molecular flexibility index (Phi) is 3.76. The van der Waals surface area contributed by atoms with Crippen LogP contribution in [-0.2, 0) is 0 Å². The third kappa shape index (κ3) is 2.80. The normalized spacial score (nSPS) is 10.3. The number of carboxylic acids is 1. The number of aromatic carboxylic acids is 1. The van der Waals surface area contributed by atoms with Crippen LogP contribution in [0.5, 0.6) is 5.75 Å². The number of carboxylic acid groups (broad SMARTS) is 1. The molecule has 0 radical (unpaired) electrons. The average molecular weight is 291 g/mol. The van der Waals surface area contributed by atoms with Crippen molar-refractivity contribution < 1.29 is 19.8 Å². The van der Waals surface area contributed by atoms with Crippen molar-refractivity contribution in [1.82, 2.24) is 0 Å². The van der Waals surface area contributed by atoms with E-state index in [1.807, 2.05) is 13.8 Å². The van der Waals surface area contributed by atoms with E-state index in [0.717, 1.165) is 9.75 Å². The van der Waals surface area contributed by atoms with Gasteiger partial charge < -0.3 is 15.5 Å². The fraction of sp³-hybridized carbons (Fsp3) is 0.143. The highest BCUT2D eigenvalue weighted by atomic mass is 32.1. The number of carbonyl (C=O) groups excluding carboxylic acids is 1. The van der Waals surface area contributed by atoms with Crippen LogP contribution in [0.2, 0.25) is 0 Å². The molecule has 0 aliphatic carbocycles. The topological polar surface area (TPSA) is 86.6 Å². The van der Waals surface area contributed by atoms with Gasteiger partial charge in [0.2, 0.25) is 0 Å². The van der Waals surface area contributed by atoms with Gasteiger partial charge in [-0.3, -0.25) is 4.79 Å². The number of rotatable bonds is 3. The van der Waals surface area contributed by atoms with E-state index in [0.29, 0.717) is 11.3 Å². The summed E-state index contributed by atoms with van der Waals surface area (Å²) < 4.78 is 0. The van der Waals surface area contributed by atoms with Crippen LogP contribution in [0.15, 0.2) is 24.3 Å². The maximum Gasteiger partial charge on any atom is 0.339 e. The number of amides is 1. The minimum atomic E-state index is -1.25. The van der Waals surface area contributed by atoms with Crippen molar-refractivity contribution in [3.8, 4) is 5.75 Å². The van der Waals surface area contributed by atoms with Crippen molar-refractivity contribution in [2.24, 2.45) is 0 Å². The van der Waals surface area contributed by atoms with Crippen LogP contribution >= 0.6 is 11.3 Å². The van der Waals surface area contributed by atoms with E-state index < -0.39 is 5.97 Å². The van der Waals surface area contributed by atoms with Gasteiger partial charge in [-0.1, -0.05) is 0 Å². The number of benzene rings is 1. The van der Waals surface area contributed by atoms with Gasteiger partial charge in [0.15, 0.2) is 0 Å². The Morgan fingerprint density at radius 1 is 1.15 bits per heavy atom. The van der Waals surface area contributed by atoms with Crippen LogP contribution in [0.1, 0.15) is 30.5 Å². The van der Waals surface area contributed by atoms with Gasteiger partial charge in [-0.15, -0.1) is 11.3 Å². The summed E-state index contributed by atoms with van der Waals surface area (Å²) in [5.74, 6) is -1.88. The Bertz CT molecular complexity index is 690. The molecular weight excluding hydrogens is 278 g/mol. The molecular formula is C14H13NO4S. The second-order valence-corrected chi connectivity index (χ2v) is 5.78. The maximum atomic E-state index is 12.1. The zero-order valence-electron chi connectivity index (χ0n) is 10.9. The lowest BCUT2D eigenvalue weighted by Gasteiger charge is -2.07. The first kappa shape index (κ1) is 14.1. The predicted octanol–water partition coefficient (Wildman–Crippen LogP) is 3.02. The fourth-order valence-corrected chi connectivity index (χ4v) is 2.76. The van der Waals surface area contributed by atoms with Gasteiger partial charge in [-0.05, 0) is 38.1 Å². The first-order chi connectivity index (χ1) is 9.38. The first-order valence-corrected chi connectivity index (χ1v) is 6.65. The molecule has 104 valence electrons. The Morgan fingerprint density at radius 3 is 2.40 bits per heavy atom. The first-order valence-electron chi connectivity index (χ1n) is 5.83. The molecule has 1 amide bonds. The largest absolute Gasteiger partial charge is 0.507 e. The van der Waals surface area contributed by atoms with E-state index in [4.69, 9.17) is 5.11 Å². The van der Waals surface area contributed by atoms with Crippen molar-refractivity contribution in [2.45, 2.75) is 13.8 Å². The molecule has 1 aromatic heterocycles. The summed E-state index contributed by atoms with van der Waals surface area (Å²) in [5, 5.41) is 21.0. The maximum absolute atomic E-state index is 12.1. The number of thiophene rings is 1. The monoisotopic (exact) mass is 291 g/mol. The lowest BCUT2D eigenvalue weighted by atomic mass is 10.1.